The predicted molar refractivity (Wildman–Crippen MR) is 62.0 cm³/mol. The molecule has 1 saturated carbocycles. The minimum Gasteiger partial charge on any atom is -0.386 e. The van der Waals surface area contributed by atoms with Gasteiger partial charge >= 0.3 is 0 Å². The predicted octanol–water partition coefficient (Wildman–Crippen LogP) is 0.215. The number of hydrogen-bond donors (Lipinski definition) is 2. The van der Waals surface area contributed by atoms with Gasteiger partial charge in [0.15, 0.2) is 0 Å². The van der Waals surface area contributed by atoms with Crippen LogP contribution in [0, 0.1) is 11.8 Å². The summed E-state index contributed by atoms with van der Waals surface area (Å²) in [6, 6.07) is 0. The number of likely N-dealkylation sites (tertiary alicyclic amines) is 1. The molecule has 1 aliphatic heterocycles. The first-order valence-corrected chi connectivity index (χ1v) is 6.22. The van der Waals surface area contributed by atoms with Crippen LogP contribution >= 0.6 is 0 Å². The average molecular weight is 226 g/mol. The Morgan fingerprint density at radius 1 is 1.50 bits per heavy atom. The maximum atomic E-state index is 11.7. The summed E-state index contributed by atoms with van der Waals surface area (Å²) in [6.45, 7) is 6.36. The van der Waals surface area contributed by atoms with Crippen LogP contribution in [-0.2, 0) is 4.79 Å². The first-order chi connectivity index (χ1) is 7.51. The van der Waals surface area contributed by atoms with Crippen LogP contribution in [0.5, 0.6) is 0 Å². The summed E-state index contributed by atoms with van der Waals surface area (Å²) in [5, 5.41) is 13.2. The topological polar surface area (TPSA) is 52.6 Å². The molecule has 2 aliphatic rings. The zero-order valence-electron chi connectivity index (χ0n) is 10.2. The molecule has 0 unspecified atom stereocenters. The second-order valence-corrected chi connectivity index (χ2v) is 5.58. The Balaban J connectivity index is 1.64. The normalized spacial score (nSPS) is 23.4. The number of nitrogens with one attached hydrogen (secondary N) is 1. The van der Waals surface area contributed by atoms with Crippen LogP contribution in [0.15, 0.2) is 0 Å². The lowest BCUT2D eigenvalue weighted by atomic mass is 9.83. The lowest BCUT2D eigenvalue weighted by molar-refractivity contribution is -0.162. The van der Waals surface area contributed by atoms with Crippen LogP contribution in [0.2, 0.25) is 0 Å². The molecule has 0 atom stereocenters. The number of aliphatic hydroxyl groups is 1. The van der Waals surface area contributed by atoms with Gasteiger partial charge in [0, 0.05) is 0 Å². The van der Waals surface area contributed by atoms with E-state index in [0.29, 0.717) is 19.6 Å². The number of carbonyl (C=O) groups is 1. The van der Waals surface area contributed by atoms with Gasteiger partial charge in [-0.15, -0.1) is 0 Å². The Bertz CT molecular complexity index is 268. The molecule has 0 aromatic rings. The quantitative estimate of drug-likeness (QED) is 0.705. The fourth-order valence-corrected chi connectivity index (χ4v) is 1.97. The number of β-amino-alcohol motifs (C(OH)–C–C–N with tert-alkyl or cyclic N) is 1. The molecule has 4 heteroatoms. The van der Waals surface area contributed by atoms with E-state index in [1.807, 2.05) is 13.8 Å². The minimum atomic E-state index is -0.647. The standard InChI is InChI=1S/C12H22N2O2/c1-9(2)12(16)7-14(8-12)11(15)6-13-5-10-3-4-10/h9-10,13,16H,3-8H2,1-2H3. The molecule has 1 heterocycles. The van der Waals surface area contributed by atoms with E-state index in [0.717, 1.165) is 12.5 Å². The van der Waals surface area contributed by atoms with E-state index >= 15 is 0 Å². The van der Waals surface area contributed by atoms with Gasteiger partial charge in [0.05, 0.1) is 19.6 Å². The summed E-state index contributed by atoms with van der Waals surface area (Å²) in [5.41, 5.74) is -0.647. The third-order valence-electron chi connectivity index (χ3n) is 3.76. The highest BCUT2D eigenvalue weighted by molar-refractivity contribution is 5.79. The third-order valence-corrected chi connectivity index (χ3v) is 3.76. The van der Waals surface area contributed by atoms with Gasteiger partial charge in [-0.25, -0.2) is 0 Å². The first kappa shape index (κ1) is 11.9. The molecule has 2 rings (SSSR count). The van der Waals surface area contributed by atoms with Crippen LogP contribution in [0.1, 0.15) is 26.7 Å². The molecule has 1 saturated heterocycles. The Morgan fingerprint density at radius 2 is 2.12 bits per heavy atom. The Labute approximate surface area is 97.0 Å². The first-order valence-electron chi connectivity index (χ1n) is 6.22. The summed E-state index contributed by atoms with van der Waals surface area (Å²) < 4.78 is 0. The molecule has 0 aromatic carbocycles. The van der Waals surface area contributed by atoms with Gasteiger partial charge in [0.1, 0.15) is 5.60 Å². The molecule has 0 bridgehead atoms. The smallest absolute Gasteiger partial charge is 0.236 e. The zero-order valence-corrected chi connectivity index (χ0v) is 10.2. The van der Waals surface area contributed by atoms with Crippen molar-refractivity contribution in [2.45, 2.75) is 32.3 Å². The third kappa shape index (κ3) is 2.55. The summed E-state index contributed by atoms with van der Waals surface area (Å²) >= 11 is 0. The van der Waals surface area contributed by atoms with E-state index in [1.165, 1.54) is 12.8 Å². The zero-order chi connectivity index (χ0) is 11.8. The van der Waals surface area contributed by atoms with E-state index in [-0.39, 0.29) is 11.8 Å². The molecular formula is C12H22N2O2. The Hall–Kier alpha value is -0.610. The minimum absolute atomic E-state index is 0.117. The van der Waals surface area contributed by atoms with Gasteiger partial charge in [-0.05, 0) is 31.2 Å². The molecule has 1 amide bonds. The van der Waals surface area contributed by atoms with E-state index in [2.05, 4.69) is 5.32 Å². The summed E-state index contributed by atoms with van der Waals surface area (Å²) in [5.74, 6) is 1.14. The monoisotopic (exact) mass is 226 g/mol. The fraction of sp³-hybridized carbons (Fsp3) is 0.917. The molecule has 0 radical (unpaired) electrons. The SMILES string of the molecule is CC(C)C1(O)CN(C(=O)CNCC2CC2)C1. The summed E-state index contributed by atoms with van der Waals surface area (Å²) in [4.78, 5) is 13.4. The van der Waals surface area contributed by atoms with Gasteiger partial charge in [0.2, 0.25) is 5.91 Å². The largest absolute Gasteiger partial charge is 0.386 e. The lowest BCUT2D eigenvalue weighted by Crippen LogP contribution is -2.66. The van der Waals surface area contributed by atoms with Gasteiger partial charge in [-0.1, -0.05) is 13.8 Å². The number of carbonyl (C=O) groups excluding carboxylic acids is 1. The molecule has 16 heavy (non-hydrogen) atoms. The maximum Gasteiger partial charge on any atom is 0.236 e. The number of rotatable bonds is 5. The van der Waals surface area contributed by atoms with Crippen molar-refractivity contribution in [3.05, 3.63) is 0 Å². The number of amides is 1. The van der Waals surface area contributed by atoms with Crippen molar-refractivity contribution in [1.29, 1.82) is 0 Å². The van der Waals surface area contributed by atoms with Crippen LogP contribution in [0.25, 0.3) is 0 Å². The molecule has 0 spiro atoms. The fourth-order valence-electron chi connectivity index (χ4n) is 1.97. The molecule has 2 N–H and O–H groups in total. The van der Waals surface area contributed by atoms with E-state index in [1.54, 1.807) is 4.90 Å². The van der Waals surface area contributed by atoms with E-state index in [9.17, 15) is 9.90 Å². The number of hydrogen-bond acceptors (Lipinski definition) is 3. The van der Waals surface area contributed by atoms with E-state index < -0.39 is 5.60 Å². The average Bonchev–Trinajstić information content (AvgIpc) is 2.96. The Morgan fingerprint density at radius 3 is 2.62 bits per heavy atom. The Kier molecular flexibility index (Phi) is 3.22. The molecular weight excluding hydrogens is 204 g/mol. The van der Waals surface area contributed by atoms with Crippen LogP contribution < -0.4 is 5.32 Å². The van der Waals surface area contributed by atoms with Crippen LogP contribution in [0.3, 0.4) is 0 Å². The van der Waals surface area contributed by atoms with Gasteiger partial charge in [-0.2, -0.15) is 0 Å². The molecule has 4 nitrogen and oxygen atoms in total. The van der Waals surface area contributed by atoms with Crippen LogP contribution in [0.4, 0.5) is 0 Å². The van der Waals surface area contributed by atoms with Gasteiger partial charge in [0.25, 0.3) is 0 Å². The van der Waals surface area contributed by atoms with Crippen LogP contribution in [-0.4, -0.2) is 47.7 Å². The van der Waals surface area contributed by atoms with Crippen molar-refractivity contribution in [1.82, 2.24) is 10.2 Å². The van der Waals surface area contributed by atoms with E-state index in [4.69, 9.17) is 0 Å². The summed E-state index contributed by atoms with van der Waals surface area (Å²) in [6.07, 6.45) is 2.61. The van der Waals surface area contributed by atoms with Crippen molar-refractivity contribution in [2.75, 3.05) is 26.2 Å². The van der Waals surface area contributed by atoms with Gasteiger partial charge < -0.3 is 15.3 Å². The lowest BCUT2D eigenvalue weighted by Gasteiger charge is -2.49. The van der Waals surface area contributed by atoms with Gasteiger partial charge in [-0.3, -0.25) is 4.79 Å². The molecule has 92 valence electrons. The molecule has 1 aliphatic carbocycles. The highest BCUT2D eigenvalue weighted by atomic mass is 16.3. The van der Waals surface area contributed by atoms with Crippen molar-refractivity contribution < 1.29 is 9.90 Å². The number of nitrogens with zero attached hydrogens (tertiary/aromatic N) is 1. The molecule has 0 aromatic heterocycles. The maximum absolute atomic E-state index is 11.7. The van der Waals surface area contributed by atoms with Crippen molar-refractivity contribution in [3.63, 3.8) is 0 Å². The van der Waals surface area contributed by atoms with Crippen molar-refractivity contribution >= 4 is 5.91 Å². The second-order valence-electron chi connectivity index (χ2n) is 5.58. The van der Waals surface area contributed by atoms with Crippen molar-refractivity contribution in [3.8, 4) is 0 Å². The highest BCUT2D eigenvalue weighted by Crippen LogP contribution is 2.29. The van der Waals surface area contributed by atoms with Crippen molar-refractivity contribution in [2.24, 2.45) is 11.8 Å². The molecule has 2 fully saturated rings. The summed E-state index contributed by atoms with van der Waals surface area (Å²) in [7, 11) is 0. The highest BCUT2D eigenvalue weighted by Gasteiger charge is 2.45. The second kappa shape index (κ2) is 4.34.